The first-order valence-electron chi connectivity index (χ1n) is 8.53. The van der Waals surface area contributed by atoms with Crippen molar-refractivity contribution in [2.45, 2.75) is 24.8 Å². The van der Waals surface area contributed by atoms with E-state index in [4.69, 9.17) is 16.1 Å². The number of benzene rings is 2. The van der Waals surface area contributed by atoms with E-state index in [1.54, 1.807) is 23.9 Å². The number of halogens is 1. The second-order valence-electron chi connectivity index (χ2n) is 6.36. The molecule has 0 saturated carbocycles. The number of nitrogens with one attached hydrogen (secondary N) is 1. The van der Waals surface area contributed by atoms with Crippen molar-refractivity contribution in [3.05, 3.63) is 65.0 Å². The van der Waals surface area contributed by atoms with Crippen LogP contribution in [-0.2, 0) is 0 Å². The Labute approximate surface area is 167 Å². The summed E-state index contributed by atoms with van der Waals surface area (Å²) in [6, 6.07) is 14.5. The highest BCUT2D eigenvalue weighted by atomic mass is 35.5. The van der Waals surface area contributed by atoms with Crippen molar-refractivity contribution < 1.29 is 9.32 Å². The number of carbonyl (C=O) groups is 1. The Balaban J connectivity index is 1.85. The molecule has 1 unspecified atom stereocenters. The summed E-state index contributed by atoms with van der Waals surface area (Å²) in [6.07, 6.45) is 1.95. The van der Waals surface area contributed by atoms with E-state index in [0.717, 1.165) is 10.5 Å². The number of carbonyl (C=O) groups excluding carboxylic acids is 1. The molecule has 0 bridgehead atoms. The Morgan fingerprint density at radius 1 is 1.19 bits per heavy atom. The van der Waals surface area contributed by atoms with Crippen LogP contribution in [0.3, 0.4) is 0 Å². The third-order valence-electron chi connectivity index (χ3n) is 4.11. The van der Waals surface area contributed by atoms with Crippen molar-refractivity contribution in [3.8, 4) is 11.4 Å². The van der Waals surface area contributed by atoms with Gasteiger partial charge in [-0.05, 0) is 30.4 Å². The van der Waals surface area contributed by atoms with E-state index in [1.165, 1.54) is 0 Å². The molecule has 0 aliphatic rings. The van der Waals surface area contributed by atoms with E-state index in [-0.39, 0.29) is 11.8 Å². The fourth-order valence-electron chi connectivity index (χ4n) is 2.60. The zero-order valence-corrected chi connectivity index (χ0v) is 16.8. The van der Waals surface area contributed by atoms with E-state index >= 15 is 0 Å². The second kappa shape index (κ2) is 8.59. The molecule has 3 rings (SSSR count). The molecule has 1 amide bonds. The van der Waals surface area contributed by atoms with E-state index in [1.807, 2.05) is 56.5 Å². The van der Waals surface area contributed by atoms with Gasteiger partial charge < -0.3 is 9.84 Å². The monoisotopic (exact) mass is 401 g/mol. The minimum atomic E-state index is -0.420. The van der Waals surface area contributed by atoms with Crippen LogP contribution in [0, 0.1) is 5.92 Å². The number of thioether (sulfide) groups is 1. The molecule has 0 saturated heterocycles. The molecule has 1 heterocycles. The summed E-state index contributed by atoms with van der Waals surface area (Å²) in [5.74, 6) is 0.650. The van der Waals surface area contributed by atoms with Crippen molar-refractivity contribution in [3.63, 3.8) is 0 Å². The van der Waals surface area contributed by atoms with Gasteiger partial charge in [-0.25, -0.2) is 0 Å². The smallest absolute Gasteiger partial charge is 0.253 e. The van der Waals surface area contributed by atoms with Crippen molar-refractivity contribution in [1.29, 1.82) is 0 Å². The lowest BCUT2D eigenvalue weighted by atomic mass is 10.0. The van der Waals surface area contributed by atoms with Gasteiger partial charge in [-0.1, -0.05) is 60.9 Å². The highest BCUT2D eigenvalue weighted by Crippen LogP contribution is 2.26. The SMILES string of the molecule is CSc1ccc(Cl)c(C(=O)NC(c2nc(-c3ccccc3)no2)C(C)C)c1. The third kappa shape index (κ3) is 4.51. The molecular weight excluding hydrogens is 382 g/mol. The van der Waals surface area contributed by atoms with Crippen LogP contribution in [0.5, 0.6) is 0 Å². The van der Waals surface area contributed by atoms with Gasteiger partial charge in [0, 0.05) is 10.5 Å². The maximum Gasteiger partial charge on any atom is 0.253 e. The zero-order valence-electron chi connectivity index (χ0n) is 15.3. The number of hydrogen-bond acceptors (Lipinski definition) is 5. The van der Waals surface area contributed by atoms with Crippen LogP contribution >= 0.6 is 23.4 Å². The summed E-state index contributed by atoms with van der Waals surface area (Å²) in [7, 11) is 0. The quantitative estimate of drug-likeness (QED) is 0.572. The molecule has 0 radical (unpaired) electrons. The van der Waals surface area contributed by atoms with Crippen LogP contribution in [-0.4, -0.2) is 22.3 Å². The molecule has 0 fully saturated rings. The fraction of sp³-hybridized carbons (Fsp3) is 0.250. The predicted molar refractivity (Wildman–Crippen MR) is 108 cm³/mol. The lowest BCUT2D eigenvalue weighted by Crippen LogP contribution is -2.32. The standard InChI is InChI=1S/C20H20ClN3O2S/c1-12(2)17(20-23-18(24-26-20)13-7-5-4-6-8-13)22-19(25)15-11-14(27-3)9-10-16(15)21/h4-12,17H,1-3H3,(H,22,25). The maximum atomic E-state index is 12.8. The summed E-state index contributed by atoms with van der Waals surface area (Å²) in [5, 5.41) is 7.43. The van der Waals surface area contributed by atoms with Crippen molar-refractivity contribution in [2.24, 2.45) is 5.92 Å². The average molecular weight is 402 g/mol. The molecule has 3 aromatic rings. The first-order chi connectivity index (χ1) is 13.0. The summed E-state index contributed by atoms with van der Waals surface area (Å²) >= 11 is 7.77. The molecule has 5 nitrogen and oxygen atoms in total. The average Bonchev–Trinajstić information content (AvgIpc) is 3.16. The molecule has 140 valence electrons. The van der Waals surface area contributed by atoms with Gasteiger partial charge >= 0.3 is 0 Å². The molecule has 1 atom stereocenters. The molecule has 7 heteroatoms. The summed E-state index contributed by atoms with van der Waals surface area (Å²) in [5.41, 5.74) is 1.29. The number of rotatable bonds is 6. The van der Waals surface area contributed by atoms with Gasteiger partial charge in [0.15, 0.2) is 0 Å². The Morgan fingerprint density at radius 3 is 2.59 bits per heavy atom. The number of aromatic nitrogens is 2. The highest BCUT2D eigenvalue weighted by Gasteiger charge is 2.26. The normalized spacial score (nSPS) is 12.2. The number of nitrogens with zero attached hydrogens (tertiary/aromatic N) is 2. The van der Waals surface area contributed by atoms with Gasteiger partial charge in [-0.3, -0.25) is 4.79 Å². The predicted octanol–water partition coefficient (Wildman–Crippen LogP) is 5.24. The number of hydrogen-bond donors (Lipinski definition) is 1. The summed E-state index contributed by atoms with van der Waals surface area (Å²) < 4.78 is 5.44. The van der Waals surface area contributed by atoms with E-state index in [9.17, 15) is 4.79 Å². The first kappa shape index (κ1) is 19.5. The summed E-state index contributed by atoms with van der Waals surface area (Å²) in [6.45, 7) is 3.97. The van der Waals surface area contributed by atoms with Crippen LogP contribution < -0.4 is 5.32 Å². The van der Waals surface area contributed by atoms with Gasteiger partial charge in [-0.2, -0.15) is 4.98 Å². The largest absolute Gasteiger partial charge is 0.340 e. The molecular formula is C20H20ClN3O2S. The highest BCUT2D eigenvalue weighted by molar-refractivity contribution is 7.98. The molecule has 2 aromatic carbocycles. The van der Waals surface area contributed by atoms with Crippen LogP contribution in [0.1, 0.15) is 36.1 Å². The zero-order chi connectivity index (χ0) is 19.4. The molecule has 0 spiro atoms. The van der Waals surface area contributed by atoms with E-state index < -0.39 is 6.04 Å². The minimum absolute atomic E-state index is 0.0560. The van der Waals surface area contributed by atoms with Crippen LogP contribution in [0.15, 0.2) is 57.9 Å². The Bertz CT molecular complexity index is 928. The third-order valence-corrected chi connectivity index (χ3v) is 5.17. The number of amides is 1. The van der Waals surface area contributed by atoms with Crippen molar-refractivity contribution >= 4 is 29.3 Å². The lowest BCUT2D eigenvalue weighted by molar-refractivity contribution is 0.0914. The molecule has 0 aliphatic carbocycles. The molecule has 27 heavy (non-hydrogen) atoms. The molecule has 1 N–H and O–H groups in total. The van der Waals surface area contributed by atoms with Crippen LogP contribution in [0.4, 0.5) is 0 Å². The Kier molecular flexibility index (Phi) is 6.19. The Morgan fingerprint density at radius 2 is 1.93 bits per heavy atom. The summed E-state index contributed by atoms with van der Waals surface area (Å²) in [4.78, 5) is 18.2. The van der Waals surface area contributed by atoms with E-state index in [0.29, 0.717) is 22.3 Å². The van der Waals surface area contributed by atoms with Gasteiger partial charge in [0.25, 0.3) is 5.91 Å². The van der Waals surface area contributed by atoms with Gasteiger partial charge in [-0.15, -0.1) is 11.8 Å². The first-order valence-corrected chi connectivity index (χ1v) is 10.1. The maximum absolute atomic E-state index is 12.8. The topological polar surface area (TPSA) is 68.0 Å². The minimum Gasteiger partial charge on any atom is -0.340 e. The lowest BCUT2D eigenvalue weighted by Gasteiger charge is -2.19. The van der Waals surface area contributed by atoms with E-state index in [2.05, 4.69) is 15.5 Å². The molecule has 0 aliphatic heterocycles. The van der Waals surface area contributed by atoms with Crippen molar-refractivity contribution in [2.75, 3.05) is 6.26 Å². The van der Waals surface area contributed by atoms with Crippen molar-refractivity contribution in [1.82, 2.24) is 15.5 Å². The Hall–Kier alpha value is -2.31. The van der Waals surface area contributed by atoms with Crippen LogP contribution in [0.25, 0.3) is 11.4 Å². The second-order valence-corrected chi connectivity index (χ2v) is 7.65. The van der Waals surface area contributed by atoms with Gasteiger partial charge in [0.05, 0.1) is 10.6 Å². The van der Waals surface area contributed by atoms with Gasteiger partial charge in [0.1, 0.15) is 6.04 Å². The van der Waals surface area contributed by atoms with Gasteiger partial charge in [0.2, 0.25) is 11.7 Å². The molecule has 1 aromatic heterocycles. The van der Waals surface area contributed by atoms with Crippen LogP contribution in [0.2, 0.25) is 5.02 Å². The fourth-order valence-corrected chi connectivity index (χ4v) is 3.25.